The van der Waals surface area contributed by atoms with Crippen LogP contribution in [0.15, 0.2) is 42.6 Å². The largest absolute Gasteiger partial charge is 0.350 e. The molecule has 3 rings (SSSR count). The highest BCUT2D eigenvalue weighted by Gasteiger charge is 2.14. The van der Waals surface area contributed by atoms with Crippen molar-refractivity contribution in [2.24, 2.45) is 7.05 Å². The summed E-state index contributed by atoms with van der Waals surface area (Å²) in [6, 6.07) is 11.7. The second kappa shape index (κ2) is 5.37. The Bertz CT molecular complexity index is 880. The average molecular weight is 288 g/mol. The Hall–Kier alpha value is -2.49. The van der Waals surface area contributed by atoms with Crippen LogP contribution in [0.1, 0.15) is 21.5 Å². The lowest BCUT2D eigenvalue weighted by Gasteiger charge is -2.09. The van der Waals surface area contributed by atoms with Crippen molar-refractivity contribution < 1.29 is 4.79 Å². The molecule has 0 atom stereocenters. The predicted octanol–water partition coefficient (Wildman–Crippen LogP) is 2.84. The van der Waals surface area contributed by atoms with Gasteiger partial charge in [0.05, 0.1) is 5.56 Å². The summed E-state index contributed by atoms with van der Waals surface area (Å²) in [7, 11) is 7.91. The highest BCUT2D eigenvalue weighted by Crippen LogP contribution is 2.22. The van der Waals surface area contributed by atoms with E-state index in [2.05, 4.69) is 11.4 Å². The molecule has 4 heteroatoms. The van der Waals surface area contributed by atoms with Gasteiger partial charge in [0.15, 0.2) is 0 Å². The van der Waals surface area contributed by atoms with E-state index < -0.39 is 0 Å². The molecule has 0 aliphatic heterocycles. The summed E-state index contributed by atoms with van der Waals surface area (Å²) in [5, 5.41) is 3.84. The maximum absolute atomic E-state index is 12.6. The molecule has 1 amide bonds. The molecule has 0 spiro atoms. The zero-order valence-electron chi connectivity index (χ0n) is 13.0. The molecule has 3 aromatic rings. The van der Waals surface area contributed by atoms with Crippen LogP contribution < -0.4 is 10.8 Å². The molecule has 0 bridgehead atoms. The fraction of sp³-hybridized carbons (Fsp3) is 0.167. The van der Waals surface area contributed by atoms with Gasteiger partial charge in [0.2, 0.25) is 0 Å². The molecule has 0 fully saturated rings. The Morgan fingerprint density at radius 3 is 2.50 bits per heavy atom. The number of rotatable bonds is 2. The van der Waals surface area contributed by atoms with Crippen LogP contribution >= 0.6 is 0 Å². The van der Waals surface area contributed by atoms with Crippen molar-refractivity contribution in [1.82, 2.24) is 4.57 Å². The Balaban J connectivity index is 1.99. The van der Waals surface area contributed by atoms with Gasteiger partial charge in [-0.1, -0.05) is 35.3 Å². The average Bonchev–Trinajstić information content (AvgIpc) is 2.79. The van der Waals surface area contributed by atoms with Crippen molar-refractivity contribution in [1.29, 1.82) is 0 Å². The summed E-state index contributed by atoms with van der Waals surface area (Å²) in [4.78, 5) is 12.6. The summed E-state index contributed by atoms with van der Waals surface area (Å²) in [6.45, 7) is 4.01. The van der Waals surface area contributed by atoms with Gasteiger partial charge in [-0.3, -0.25) is 4.79 Å². The molecule has 108 valence electrons. The van der Waals surface area contributed by atoms with E-state index in [4.69, 9.17) is 7.85 Å². The Morgan fingerprint density at radius 2 is 1.77 bits per heavy atom. The first-order chi connectivity index (χ1) is 10.5. The highest BCUT2D eigenvalue weighted by molar-refractivity contribution is 6.36. The van der Waals surface area contributed by atoms with Crippen LogP contribution in [0.3, 0.4) is 0 Å². The minimum Gasteiger partial charge on any atom is -0.350 e. The fourth-order valence-electron chi connectivity index (χ4n) is 2.66. The molecule has 22 heavy (non-hydrogen) atoms. The maximum atomic E-state index is 12.6. The van der Waals surface area contributed by atoms with E-state index in [-0.39, 0.29) is 5.91 Å². The summed E-state index contributed by atoms with van der Waals surface area (Å²) in [5.41, 5.74) is 5.14. The lowest BCUT2D eigenvalue weighted by Crippen LogP contribution is -2.18. The van der Waals surface area contributed by atoms with Crippen molar-refractivity contribution in [2.75, 3.05) is 5.32 Å². The molecule has 3 nitrogen and oxygen atoms in total. The number of carbonyl (C=O) groups excluding carboxylic acids is 1. The van der Waals surface area contributed by atoms with E-state index in [9.17, 15) is 4.79 Å². The number of nitrogens with one attached hydrogen (secondary N) is 1. The van der Waals surface area contributed by atoms with Crippen LogP contribution in [-0.2, 0) is 7.05 Å². The quantitative estimate of drug-likeness (QED) is 0.723. The van der Waals surface area contributed by atoms with Crippen molar-refractivity contribution in [3.63, 3.8) is 0 Å². The topological polar surface area (TPSA) is 34.0 Å². The molecule has 1 N–H and O–H groups in total. The van der Waals surface area contributed by atoms with Crippen LogP contribution in [-0.4, -0.2) is 18.3 Å². The molecule has 0 saturated heterocycles. The number of carbonyl (C=O) groups is 1. The standard InChI is InChI=1S/C18H17BN2O/c1-11-5-7-16(15(19)8-11)20-18(22)14-10-21(3)17-9-12(2)4-6-13(14)17/h4-10H,1-3H3,(H,20,22). The molecule has 0 aliphatic carbocycles. The first-order valence-corrected chi connectivity index (χ1v) is 7.19. The van der Waals surface area contributed by atoms with Gasteiger partial charge in [-0.15, -0.1) is 0 Å². The van der Waals surface area contributed by atoms with Crippen molar-refractivity contribution in [3.05, 3.63) is 59.3 Å². The van der Waals surface area contributed by atoms with Gasteiger partial charge in [-0.05, 0) is 31.5 Å². The van der Waals surface area contributed by atoms with Crippen LogP contribution in [0.4, 0.5) is 5.69 Å². The minimum atomic E-state index is -0.148. The summed E-state index contributed by atoms with van der Waals surface area (Å²) in [5.74, 6) is -0.148. The monoisotopic (exact) mass is 288 g/mol. The van der Waals surface area contributed by atoms with Crippen molar-refractivity contribution >= 4 is 35.8 Å². The molecule has 2 aromatic carbocycles. The molecule has 1 aromatic heterocycles. The van der Waals surface area contributed by atoms with Crippen LogP contribution in [0, 0.1) is 13.8 Å². The number of hydrogen-bond acceptors (Lipinski definition) is 1. The second-order valence-corrected chi connectivity index (χ2v) is 5.72. The van der Waals surface area contributed by atoms with E-state index in [0.717, 1.165) is 16.5 Å². The van der Waals surface area contributed by atoms with Gasteiger partial charge in [0.1, 0.15) is 7.85 Å². The molecular weight excluding hydrogens is 271 g/mol. The molecule has 0 saturated carbocycles. The molecule has 1 heterocycles. The number of amides is 1. The van der Waals surface area contributed by atoms with Gasteiger partial charge < -0.3 is 9.88 Å². The Kier molecular flexibility index (Phi) is 3.53. The normalized spacial score (nSPS) is 10.9. The zero-order chi connectivity index (χ0) is 15.9. The van der Waals surface area contributed by atoms with Crippen LogP contribution in [0.5, 0.6) is 0 Å². The number of nitrogens with zero attached hydrogens (tertiary/aromatic N) is 1. The van der Waals surface area contributed by atoms with Gasteiger partial charge in [-0.2, -0.15) is 0 Å². The van der Waals surface area contributed by atoms with Gasteiger partial charge in [-0.25, -0.2) is 0 Å². The minimum absolute atomic E-state index is 0.148. The lowest BCUT2D eigenvalue weighted by atomic mass is 9.92. The summed E-state index contributed by atoms with van der Waals surface area (Å²) < 4.78 is 1.97. The first-order valence-electron chi connectivity index (χ1n) is 7.19. The fourth-order valence-corrected chi connectivity index (χ4v) is 2.66. The lowest BCUT2D eigenvalue weighted by molar-refractivity contribution is 0.102. The van der Waals surface area contributed by atoms with E-state index in [1.807, 2.05) is 62.0 Å². The number of benzene rings is 2. The molecule has 0 unspecified atom stereocenters. The van der Waals surface area contributed by atoms with E-state index >= 15 is 0 Å². The van der Waals surface area contributed by atoms with Gasteiger partial charge in [0.25, 0.3) is 5.91 Å². The predicted molar refractivity (Wildman–Crippen MR) is 92.2 cm³/mol. The third-order valence-corrected chi connectivity index (χ3v) is 3.85. The van der Waals surface area contributed by atoms with Gasteiger partial charge in [0, 0.05) is 29.8 Å². The number of hydrogen-bond donors (Lipinski definition) is 1. The zero-order valence-corrected chi connectivity index (χ0v) is 13.0. The van der Waals surface area contributed by atoms with Crippen LogP contribution in [0.25, 0.3) is 10.9 Å². The molecule has 2 radical (unpaired) electrons. The number of fused-ring (bicyclic) bond motifs is 1. The smallest absolute Gasteiger partial charge is 0.257 e. The van der Waals surface area contributed by atoms with E-state index in [1.165, 1.54) is 5.56 Å². The van der Waals surface area contributed by atoms with Gasteiger partial charge >= 0.3 is 0 Å². The number of aryl methyl sites for hydroxylation is 3. The van der Waals surface area contributed by atoms with E-state index in [1.54, 1.807) is 0 Å². The van der Waals surface area contributed by atoms with Crippen molar-refractivity contribution in [3.8, 4) is 0 Å². The highest BCUT2D eigenvalue weighted by atomic mass is 16.1. The van der Waals surface area contributed by atoms with E-state index in [0.29, 0.717) is 16.7 Å². The maximum Gasteiger partial charge on any atom is 0.257 e. The Labute approximate surface area is 131 Å². The van der Waals surface area contributed by atoms with Crippen LogP contribution in [0.2, 0.25) is 0 Å². The van der Waals surface area contributed by atoms with Crippen molar-refractivity contribution in [2.45, 2.75) is 13.8 Å². The SMILES string of the molecule is [B]c1cc(C)ccc1NC(=O)c1cn(C)c2cc(C)ccc12. The first kappa shape index (κ1) is 14.5. The Morgan fingerprint density at radius 1 is 1.09 bits per heavy atom. The summed E-state index contributed by atoms with van der Waals surface area (Å²) in [6.07, 6.45) is 1.85. The number of aromatic nitrogens is 1. The molecule has 0 aliphatic rings. The second-order valence-electron chi connectivity index (χ2n) is 5.72. The number of anilines is 1. The summed E-state index contributed by atoms with van der Waals surface area (Å²) >= 11 is 0. The third kappa shape index (κ3) is 2.52. The third-order valence-electron chi connectivity index (χ3n) is 3.85. The molecular formula is C18H17BN2O.